The Morgan fingerprint density at radius 1 is 1.16 bits per heavy atom. The number of para-hydroxylation sites is 1. The van der Waals surface area contributed by atoms with E-state index in [1.807, 2.05) is 30.3 Å². The molecule has 11 heteroatoms. The van der Waals surface area contributed by atoms with Crippen molar-refractivity contribution in [3.8, 4) is 0 Å². The quantitative estimate of drug-likeness (QED) is 0.575. The summed E-state index contributed by atoms with van der Waals surface area (Å²) < 4.78 is 40.9. The molecule has 31 heavy (non-hydrogen) atoms. The first-order valence-electron chi connectivity index (χ1n) is 9.21. The molecule has 0 radical (unpaired) electrons. The van der Waals surface area contributed by atoms with Gasteiger partial charge in [0.05, 0.1) is 17.7 Å². The Bertz CT molecular complexity index is 1120. The minimum atomic E-state index is -4.63. The molecule has 4 rings (SSSR count). The van der Waals surface area contributed by atoms with Gasteiger partial charge in [0, 0.05) is 5.75 Å². The van der Waals surface area contributed by atoms with Gasteiger partial charge in [-0.2, -0.15) is 18.2 Å². The Balaban J connectivity index is 1.55. The first-order chi connectivity index (χ1) is 14.8. The van der Waals surface area contributed by atoms with Crippen molar-refractivity contribution in [3.05, 3.63) is 65.7 Å². The van der Waals surface area contributed by atoms with Crippen LogP contribution in [0, 0.1) is 0 Å². The Hall–Kier alpha value is -3.34. The third-order valence-corrected chi connectivity index (χ3v) is 5.45. The average Bonchev–Trinajstić information content (AvgIpc) is 3.14. The van der Waals surface area contributed by atoms with Crippen LogP contribution in [0.3, 0.4) is 0 Å². The molecule has 2 N–H and O–H groups in total. The third-order valence-electron chi connectivity index (χ3n) is 4.54. The summed E-state index contributed by atoms with van der Waals surface area (Å²) in [5.41, 5.74) is -0.310. The van der Waals surface area contributed by atoms with Gasteiger partial charge in [0.1, 0.15) is 6.04 Å². The molecule has 1 unspecified atom stereocenters. The maximum atomic E-state index is 13.2. The minimum absolute atomic E-state index is 0.0797. The number of amides is 2. The van der Waals surface area contributed by atoms with Crippen LogP contribution >= 0.6 is 11.8 Å². The zero-order valence-electron chi connectivity index (χ0n) is 15.9. The molecular weight excluding hydrogens is 431 g/mol. The number of aromatic nitrogens is 3. The number of fused-ring (bicyclic) bond motifs is 1. The SMILES string of the molecule is O=C1CC(C(=O)Nc2ccccc2C(F)(F)F)n2nc(SCc3ccccc3)nc2N1. The van der Waals surface area contributed by atoms with Crippen LogP contribution in [-0.4, -0.2) is 26.6 Å². The predicted octanol–water partition coefficient (Wildman–Crippen LogP) is 4.11. The first kappa shape index (κ1) is 20.9. The Morgan fingerprint density at radius 2 is 1.87 bits per heavy atom. The Kier molecular flexibility index (Phi) is 5.68. The number of thioether (sulfide) groups is 1. The van der Waals surface area contributed by atoms with Crippen LogP contribution < -0.4 is 10.6 Å². The number of rotatable bonds is 5. The Labute approximate surface area is 179 Å². The molecular formula is C20H16F3N5O2S. The molecule has 0 fully saturated rings. The van der Waals surface area contributed by atoms with Crippen molar-refractivity contribution >= 4 is 35.2 Å². The number of hydrogen-bond acceptors (Lipinski definition) is 5. The lowest BCUT2D eigenvalue weighted by molar-refractivity contribution is -0.137. The number of carbonyl (C=O) groups is 2. The van der Waals surface area contributed by atoms with Gasteiger partial charge >= 0.3 is 6.18 Å². The molecule has 2 amide bonds. The van der Waals surface area contributed by atoms with E-state index in [0.717, 1.165) is 17.7 Å². The van der Waals surface area contributed by atoms with Crippen LogP contribution in [0.15, 0.2) is 59.8 Å². The highest BCUT2D eigenvalue weighted by Gasteiger charge is 2.36. The number of halogens is 3. The zero-order chi connectivity index (χ0) is 22.0. The highest BCUT2D eigenvalue weighted by atomic mass is 32.2. The summed E-state index contributed by atoms with van der Waals surface area (Å²) in [6.45, 7) is 0. The largest absolute Gasteiger partial charge is 0.418 e. The number of hydrogen-bond donors (Lipinski definition) is 2. The number of anilines is 2. The first-order valence-corrected chi connectivity index (χ1v) is 10.2. The van der Waals surface area contributed by atoms with Crippen molar-refractivity contribution < 1.29 is 22.8 Å². The van der Waals surface area contributed by atoms with Crippen molar-refractivity contribution in [2.75, 3.05) is 10.6 Å². The topological polar surface area (TPSA) is 88.9 Å². The van der Waals surface area contributed by atoms with E-state index < -0.39 is 29.6 Å². The van der Waals surface area contributed by atoms with E-state index in [2.05, 4.69) is 20.7 Å². The van der Waals surface area contributed by atoms with Gasteiger partial charge in [-0.25, -0.2) is 4.68 Å². The van der Waals surface area contributed by atoms with E-state index in [9.17, 15) is 22.8 Å². The van der Waals surface area contributed by atoms with E-state index in [0.29, 0.717) is 10.9 Å². The molecule has 3 aromatic rings. The normalized spacial score (nSPS) is 15.8. The van der Waals surface area contributed by atoms with Crippen molar-refractivity contribution in [3.63, 3.8) is 0 Å². The van der Waals surface area contributed by atoms with Crippen LogP contribution in [-0.2, 0) is 21.5 Å². The molecule has 2 aromatic carbocycles. The summed E-state index contributed by atoms with van der Waals surface area (Å²) in [6, 6.07) is 13.1. The summed E-state index contributed by atoms with van der Waals surface area (Å²) in [6.07, 6.45) is -4.90. The van der Waals surface area contributed by atoms with Gasteiger partial charge in [-0.3, -0.25) is 14.9 Å². The lowest BCUT2D eigenvalue weighted by atomic mass is 10.1. The fourth-order valence-electron chi connectivity index (χ4n) is 3.09. The molecule has 1 atom stereocenters. The average molecular weight is 447 g/mol. The minimum Gasteiger partial charge on any atom is -0.324 e. The number of benzene rings is 2. The van der Waals surface area contributed by atoms with Crippen molar-refractivity contribution in [1.82, 2.24) is 14.8 Å². The number of nitrogens with one attached hydrogen (secondary N) is 2. The van der Waals surface area contributed by atoms with E-state index in [-0.39, 0.29) is 18.1 Å². The van der Waals surface area contributed by atoms with Gasteiger partial charge in [0.25, 0.3) is 0 Å². The van der Waals surface area contributed by atoms with Crippen LogP contribution in [0.2, 0.25) is 0 Å². The van der Waals surface area contributed by atoms with Gasteiger partial charge in [-0.15, -0.1) is 5.10 Å². The van der Waals surface area contributed by atoms with Crippen LogP contribution in [0.25, 0.3) is 0 Å². The highest BCUT2D eigenvalue weighted by molar-refractivity contribution is 7.98. The summed E-state index contributed by atoms with van der Waals surface area (Å²) in [5.74, 6) is -0.592. The lowest BCUT2D eigenvalue weighted by Crippen LogP contribution is -2.36. The molecule has 2 heterocycles. The van der Waals surface area contributed by atoms with Gasteiger partial charge in [-0.05, 0) is 17.7 Å². The molecule has 1 aliphatic rings. The number of alkyl halides is 3. The van der Waals surface area contributed by atoms with Gasteiger partial charge < -0.3 is 5.32 Å². The van der Waals surface area contributed by atoms with E-state index in [1.54, 1.807) is 0 Å². The molecule has 1 aliphatic heterocycles. The van der Waals surface area contributed by atoms with E-state index >= 15 is 0 Å². The van der Waals surface area contributed by atoms with Crippen LogP contribution in [0.5, 0.6) is 0 Å². The summed E-state index contributed by atoms with van der Waals surface area (Å²) in [4.78, 5) is 29.1. The van der Waals surface area contributed by atoms with Gasteiger partial charge in [-0.1, -0.05) is 54.2 Å². The second-order valence-electron chi connectivity index (χ2n) is 6.74. The molecule has 160 valence electrons. The fourth-order valence-corrected chi connectivity index (χ4v) is 3.87. The third kappa shape index (κ3) is 4.71. The number of carbonyl (C=O) groups excluding carboxylic acids is 2. The van der Waals surface area contributed by atoms with Crippen molar-refractivity contribution in [2.45, 2.75) is 29.5 Å². The molecule has 0 saturated heterocycles. The summed E-state index contributed by atoms with van der Waals surface area (Å²) in [5, 5.41) is 9.45. The fraction of sp³-hybridized carbons (Fsp3) is 0.200. The van der Waals surface area contributed by atoms with E-state index in [4.69, 9.17) is 0 Å². The smallest absolute Gasteiger partial charge is 0.324 e. The summed E-state index contributed by atoms with van der Waals surface area (Å²) in [7, 11) is 0. The summed E-state index contributed by atoms with van der Waals surface area (Å²) >= 11 is 1.32. The molecule has 0 saturated carbocycles. The second kappa shape index (κ2) is 8.42. The number of nitrogens with zero attached hydrogens (tertiary/aromatic N) is 3. The highest BCUT2D eigenvalue weighted by Crippen LogP contribution is 2.35. The molecule has 0 aliphatic carbocycles. The molecule has 7 nitrogen and oxygen atoms in total. The van der Waals surface area contributed by atoms with Crippen molar-refractivity contribution in [1.29, 1.82) is 0 Å². The van der Waals surface area contributed by atoms with Gasteiger partial charge in [0.15, 0.2) is 0 Å². The Morgan fingerprint density at radius 3 is 2.61 bits per heavy atom. The predicted molar refractivity (Wildman–Crippen MR) is 108 cm³/mol. The van der Waals surface area contributed by atoms with Gasteiger partial charge in [0.2, 0.25) is 22.9 Å². The maximum Gasteiger partial charge on any atom is 0.418 e. The second-order valence-corrected chi connectivity index (χ2v) is 7.68. The monoisotopic (exact) mass is 447 g/mol. The zero-order valence-corrected chi connectivity index (χ0v) is 16.7. The van der Waals surface area contributed by atoms with Crippen molar-refractivity contribution in [2.24, 2.45) is 0 Å². The van der Waals surface area contributed by atoms with Crippen LogP contribution in [0.4, 0.5) is 24.8 Å². The standard InChI is InChI=1S/C20H16F3N5O2S/c21-20(22,23)13-8-4-5-9-14(13)24-17(30)15-10-16(29)25-18-26-19(27-28(15)18)31-11-12-6-2-1-3-7-12/h1-9,15H,10-11H2,(H,24,30)(H,25,26,27,29). The van der Waals surface area contributed by atoms with Crippen LogP contribution in [0.1, 0.15) is 23.6 Å². The molecule has 0 bridgehead atoms. The maximum absolute atomic E-state index is 13.2. The molecule has 1 aromatic heterocycles. The molecule has 0 spiro atoms. The lowest BCUT2D eigenvalue weighted by Gasteiger charge is -2.23. The van der Waals surface area contributed by atoms with E-state index in [1.165, 1.54) is 28.6 Å².